The van der Waals surface area contributed by atoms with Crippen LogP contribution < -0.4 is 9.80 Å². The first-order valence-electron chi connectivity index (χ1n) is 11.7. The molecule has 1 aliphatic heterocycles. The van der Waals surface area contributed by atoms with Gasteiger partial charge in [-0.1, -0.05) is 66.7 Å². The number of rotatable bonds is 3. The summed E-state index contributed by atoms with van der Waals surface area (Å²) in [6.45, 7) is 2.01. The van der Waals surface area contributed by atoms with Gasteiger partial charge in [0.15, 0.2) is 0 Å². The van der Waals surface area contributed by atoms with Gasteiger partial charge in [0.1, 0.15) is 0 Å². The van der Waals surface area contributed by atoms with Crippen molar-refractivity contribution >= 4 is 34.1 Å². The van der Waals surface area contributed by atoms with Crippen LogP contribution in [0, 0.1) is 18.3 Å². The molecule has 0 aliphatic carbocycles. The highest BCUT2D eigenvalue weighted by molar-refractivity contribution is 6.01. The third kappa shape index (κ3) is 3.53. The quantitative estimate of drug-likeness (QED) is 0.270. The van der Waals surface area contributed by atoms with E-state index in [9.17, 15) is 5.26 Å². The first-order valence-corrected chi connectivity index (χ1v) is 11.7. The van der Waals surface area contributed by atoms with Gasteiger partial charge in [-0.25, -0.2) is 0 Å². The number of para-hydroxylation sites is 5. The number of benzene rings is 5. The van der Waals surface area contributed by atoms with E-state index in [1.54, 1.807) is 0 Å². The van der Waals surface area contributed by atoms with E-state index < -0.39 is 0 Å². The molecule has 5 aromatic carbocycles. The van der Waals surface area contributed by atoms with Crippen molar-refractivity contribution in [3.05, 3.63) is 132 Å². The Bertz CT molecular complexity index is 1520. The molecule has 0 radical (unpaired) electrons. The van der Waals surface area contributed by atoms with E-state index in [2.05, 4.69) is 119 Å². The number of hydrogen-bond acceptors (Lipinski definition) is 3. The molecule has 0 saturated carbocycles. The molecule has 0 saturated heterocycles. The van der Waals surface area contributed by atoms with Crippen LogP contribution in [0.5, 0.6) is 0 Å². The predicted molar refractivity (Wildman–Crippen MR) is 144 cm³/mol. The monoisotopic (exact) mass is 449 g/mol. The fourth-order valence-corrected chi connectivity index (χ4v) is 4.87. The molecule has 0 amide bonds. The third-order valence-electron chi connectivity index (χ3n) is 6.47. The van der Waals surface area contributed by atoms with Gasteiger partial charge in [-0.3, -0.25) is 0 Å². The van der Waals surface area contributed by atoms with Crippen LogP contribution in [0.1, 0.15) is 11.1 Å². The molecule has 0 atom stereocenters. The van der Waals surface area contributed by atoms with Crippen molar-refractivity contribution in [2.24, 2.45) is 0 Å². The summed E-state index contributed by atoms with van der Waals surface area (Å²) in [7, 11) is 0. The van der Waals surface area contributed by atoms with E-state index in [-0.39, 0.29) is 0 Å². The summed E-state index contributed by atoms with van der Waals surface area (Å²) >= 11 is 0. The number of hydrogen-bond donors (Lipinski definition) is 0. The van der Waals surface area contributed by atoms with Gasteiger partial charge in [0.25, 0.3) is 0 Å². The standard InChI is InChI=1S/C32H23N3/c1-23-15-20-28(25(21-23)22-33)24-16-18-27(19-17-24)35-31-13-7-5-11-29(31)34(26-9-3-2-4-10-26)30-12-6-8-14-32(30)35/h2-21H,1H3. The van der Waals surface area contributed by atoms with Gasteiger partial charge >= 0.3 is 0 Å². The number of anilines is 6. The molecule has 0 bridgehead atoms. The minimum Gasteiger partial charge on any atom is -0.306 e. The Kier molecular flexibility index (Phi) is 5.05. The van der Waals surface area contributed by atoms with Crippen LogP contribution in [0.15, 0.2) is 121 Å². The summed E-state index contributed by atoms with van der Waals surface area (Å²) in [4.78, 5) is 4.63. The van der Waals surface area contributed by atoms with E-state index in [1.165, 1.54) is 0 Å². The average Bonchev–Trinajstić information content (AvgIpc) is 2.92. The fourth-order valence-electron chi connectivity index (χ4n) is 4.87. The van der Waals surface area contributed by atoms with E-state index in [0.717, 1.165) is 50.8 Å². The van der Waals surface area contributed by atoms with Gasteiger partial charge in [-0.05, 0) is 78.2 Å². The molecule has 1 heterocycles. The maximum atomic E-state index is 9.64. The molecule has 0 spiro atoms. The lowest BCUT2D eigenvalue weighted by Gasteiger charge is -2.40. The minimum absolute atomic E-state index is 0.699. The predicted octanol–water partition coefficient (Wildman–Crippen LogP) is 8.79. The lowest BCUT2D eigenvalue weighted by atomic mass is 9.98. The molecule has 5 aromatic rings. The SMILES string of the molecule is Cc1ccc(-c2ccc(N3c4ccccc4N(c4ccccc4)c4ccccc43)cc2)c(C#N)c1. The zero-order chi connectivity index (χ0) is 23.8. The van der Waals surface area contributed by atoms with Gasteiger partial charge < -0.3 is 9.80 Å². The molecule has 6 rings (SSSR count). The second kappa shape index (κ2) is 8.52. The van der Waals surface area contributed by atoms with Crippen LogP contribution in [0.4, 0.5) is 34.1 Å². The topological polar surface area (TPSA) is 30.3 Å². The summed E-state index contributed by atoms with van der Waals surface area (Å²) in [5, 5.41) is 9.64. The molecule has 0 fully saturated rings. The maximum Gasteiger partial charge on any atom is 0.0998 e. The summed E-state index contributed by atoms with van der Waals surface area (Å²) in [5.74, 6) is 0. The van der Waals surface area contributed by atoms with Gasteiger partial charge in [-0.15, -0.1) is 0 Å². The van der Waals surface area contributed by atoms with Crippen molar-refractivity contribution in [1.82, 2.24) is 0 Å². The van der Waals surface area contributed by atoms with E-state index in [1.807, 2.05) is 25.1 Å². The molecule has 1 aliphatic rings. The number of fused-ring (bicyclic) bond motifs is 2. The summed E-state index contributed by atoms with van der Waals surface area (Å²) in [5.41, 5.74) is 10.5. The molecular formula is C32H23N3. The van der Waals surface area contributed by atoms with Crippen LogP contribution >= 0.6 is 0 Å². The Balaban J connectivity index is 1.49. The number of aryl methyl sites for hydroxylation is 1. The van der Waals surface area contributed by atoms with Crippen molar-refractivity contribution in [3.8, 4) is 17.2 Å². The van der Waals surface area contributed by atoms with Crippen molar-refractivity contribution in [3.63, 3.8) is 0 Å². The number of nitrogens with zero attached hydrogens (tertiary/aromatic N) is 3. The van der Waals surface area contributed by atoms with Crippen molar-refractivity contribution in [2.75, 3.05) is 9.80 Å². The molecule has 35 heavy (non-hydrogen) atoms. The van der Waals surface area contributed by atoms with Crippen LogP contribution in [0.3, 0.4) is 0 Å². The lowest BCUT2D eigenvalue weighted by molar-refractivity contribution is 1.17. The lowest BCUT2D eigenvalue weighted by Crippen LogP contribution is -2.23. The van der Waals surface area contributed by atoms with Crippen molar-refractivity contribution in [1.29, 1.82) is 5.26 Å². The Labute approximate surface area is 205 Å². The Hall–Kier alpha value is -4.81. The zero-order valence-corrected chi connectivity index (χ0v) is 19.4. The summed E-state index contributed by atoms with van der Waals surface area (Å²) in [6, 6.07) is 44.4. The molecule has 0 aromatic heterocycles. The number of nitriles is 1. The van der Waals surface area contributed by atoms with Crippen LogP contribution in [0.2, 0.25) is 0 Å². The largest absolute Gasteiger partial charge is 0.306 e. The second-order valence-electron chi connectivity index (χ2n) is 8.69. The Morgan fingerprint density at radius 1 is 0.543 bits per heavy atom. The molecule has 3 heteroatoms. The normalized spacial score (nSPS) is 12.0. The highest BCUT2D eigenvalue weighted by atomic mass is 15.3. The molecule has 3 nitrogen and oxygen atoms in total. The highest BCUT2D eigenvalue weighted by Crippen LogP contribution is 2.53. The average molecular weight is 450 g/mol. The first-order chi connectivity index (χ1) is 17.2. The molecule has 0 N–H and O–H groups in total. The van der Waals surface area contributed by atoms with Gasteiger partial charge in [-0.2, -0.15) is 5.26 Å². The Morgan fingerprint density at radius 3 is 1.54 bits per heavy atom. The van der Waals surface area contributed by atoms with Gasteiger partial charge in [0.05, 0.1) is 34.4 Å². The summed E-state index contributed by atoms with van der Waals surface area (Å²) < 4.78 is 0. The van der Waals surface area contributed by atoms with Crippen molar-refractivity contribution < 1.29 is 0 Å². The molecule has 0 unspecified atom stereocenters. The highest BCUT2D eigenvalue weighted by Gasteiger charge is 2.29. The molecule has 166 valence electrons. The van der Waals surface area contributed by atoms with Crippen LogP contribution in [-0.4, -0.2) is 0 Å². The maximum absolute atomic E-state index is 9.64. The fraction of sp³-hybridized carbons (Fsp3) is 0.0312. The van der Waals surface area contributed by atoms with Gasteiger partial charge in [0.2, 0.25) is 0 Å². The third-order valence-corrected chi connectivity index (χ3v) is 6.47. The van der Waals surface area contributed by atoms with Crippen LogP contribution in [-0.2, 0) is 0 Å². The first kappa shape index (κ1) is 20.8. The smallest absolute Gasteiger partial charge is 0.0998 e. The second-order valence-corrected chi connectivity index (χ2v) is 8.69. The Morgan fingerprint density at radius 2 is 1.03 bits per heavy atom. The molecular weight excluding hydrogens is 426 g/mol. The van der Waals surface area contributed by atoms with Crippen molar-refractivity contribution in [2.45, 2.75) is 6.92 Å². The van der Waals surface area contributed by atoms with Gasteiger partial charge in [0, 0.05) is 11.4 Å². The summed E-state index contributed by atoms with van der Waals surface area (Å²) in [6.07, 6.45) is 0. The zero-order valence-electron chi connectivity index (χ0n) is 19.4. The minimum atomic E-state index is 0.699. The van der Waals surface area contributed by atoms with E-state index in [0.29, 0.717) is 5.56 Å². The van der Waals surface area contributed by atoms with E-state index >= 15 is 0 Å². The van der Waals surface area contributed by atoms with E-state index in [4.69, 9.17) is 0 Å². The van der Waals surface area contributed by atoms with Crippen LogP contribution in [0.25, 0.3) is 11.1 Å².